The summed E-state index contributed by atoms with van der Waals surface area (Å²) in [5.41, 5.74) is -3.06. The van der Waals surface area contributed by atoms with Crippen molar-refractivity contribution in [3.8, 4) is 5.75 Å². The van der Waals surface area contributed by atoms with E-state index in [1.807, 2.05) is 0 Å². The summed E-state index contributed by atoms with van der Waals surface area (Å²) in [6.45, 7) is 5.57. The van der Waals surface area contributed by atoms with E-state index in [-0.39, 0.29) is 17.5 Å². The van der Waals surface area contributed by atoms with Crippen LogP contribution in [0.25, 0.3) is 10.2 Å². The van der Waals surface area contributed by atoms with E-state index < -0.39 is 23.7 Å². The first-order chi connectivity index (χ1) is 13.5. The molecular weight excluding hydrogens is 411 g/mol. The normalized spacial score (nSPS) is 13.8. The number of carbonyl (C=O) groups excluding carboxylic acids is 2. The van der Waals surface area contributed by atoms with E-state index in [4.69, 9.17) is 4.74 Å². The molecule has 1 amide bonds. The molecule has 0 bridgehead atoms. The van der Waals surface area contributed by atoms with Gasteiger partial charge in [0.1, 0.15) is 5.75 Å². The van der Waals surface area contributed by atoms with Crippen LogP contribution in [-0.4, -0.2) is 42.4 Å². The number of anilines is 1. The number of hydrogen-bond acceptors (Lipinski definition) is 7. The molecule has 0 aliphatic heterocycles. The summed E-state index contributed by atoms with van der Waals surface area (Å²) in [5.74, 6) is -2.32. The van der Waals surface area contributed by atoms with E-state index in [9.17, 15) is 22.8 Å². The zero-order valence-corrected chi connectivity index (χ0v) is 17.2. The van der Waals surface area contributed by atoms with Gasteiger partial charge in [-0.2, -0.15) is 13.2 Å². The number of esters is 1. The Balaban J connectivity index is 2.46. The molecule has 2 aromatic rings. The topological polar surface area (TPSA) is 89.5 Å². The second-order valence-corrected chi connectivity index (χ2v) is 7.62. The molecule has 0 radical (unpaired) electrons. The number of hydrogen-bond donors (Lipinski definition) is 2. The number of halogens is 3. The first-order valence-electron chi connectivity index (χ1n) is 8.80. The fourth-order valence-corrected chi connectivity index (χ4v) is 3.50. The molecule has 1 aromatic carbocycles. The van der Waals surface area contributed by atoms with Crippen molar-refractivity contribution in [3.05, 3.63) is 18.2 Å². The van der Waals surface area contributed by atoms with Gasteiger partial charge in [-0.15, -0.1) is 0 Å². The molecular formula is C18H22F3N3O4S. The number of fused-ring (bicyclic) bond motifs is 1. The number of alkyl halides is 3. The first-order valence-corrected chi connectivity index (χ1v) is 9.61. The fraction of sp³-hybridized carbons (Fsp3) is 0.500. The maximum atomic E-state index is 14.0. The lowest BCUT2D eigenvalue weighted by atomic mass is 10.1. The minimum absolute atomic E-state index is 0.200. The summed E-state index contributed by atoms with van der Waals surface area (Å²) in [4.78, 5) is 28.4. The molecule has 0 fully saturated rings. The van der Waals surface area contributed by atoms with E-state index in [1.54, 1.807) is 44.3 Å². The highest BCUT2D eigenvalue weighted by atomic mass is 32.1. The number of thiazole rings is 1. The van der Waals surface area contributed by atoms with Crippen molar-refractivity contribution >= 4 is 38.6 Å². The van der Waals surface area contributed by atoms with Gasteiger partial charge in [-0.3, -0.25) is 4.79 Å². The molecule has 0 aliphatic carbocycles. The third-order valence-electron chi connectivity index (χ3n) is 3.80. The van der Waals surface area contributed by atoms with Gasteiger partial charge in [-0.1, -0.05) is 25.2 Å². The molecule has 0 saturated carbocycles. The predicted octanol–water partition coefficient (Wildman–Crippen LogP) is 3.70. The number of methoxy groups -OCH3 is 1. The average Bonchev–Trinajstić information content (AvgIpc) is 3.00. The number of ether oxygens (including phenoxy) is 2. The van der Waals surface area contributed by atoms with Crippen LogP contribution in [0.2, 0.25) is 0 Å². The van der Waals surface area contributed by atoms with Gasteiger partial charge in [0.2, 0.25) is 5.91 Å². The highest BCUT2D eigenvalue weighted by Gasteiger charge is 2.63. The van der Waals surface area contributed by atoms with Crippen LogP contribution in [0, 0.1) is 5.92 Å². The van der Waals surface area contributed by atoms with Gasteiger partial charge in [-0.05, 0) is 31.0 Å². The Morgan fingerprint density at radius 1 is 1.28 bits per heavy atom. The third kappa shape index (κ3) is 5.08. The molecule has 1 atom stereocenters. The van der Waals surface area contributed by atoms with Crippen molar-refractivity contribution in [2.24, 2.45) is 5.92 Å². The van der Waals surface area contributed by atoms with Gasteiger partial charge in [0, 0.05) is 6.42 Å². The average molecular weight is 433 g/mol. The predicted molar refractivity (Wildman–Crippen MR) is 103 cm³/mol. The summed E-state index contributed by atoms with van der Waals surface area (Å²) >= 11 is 0.888. The Labute approximate surface area is 169 Å². The number of carbonyl (C=O) groups is 2. The van der Waals surface area contributed by atoms with Gasteiger partial charge >= 0.3 is 17.8 Å². The number of benzene rings is 1. The van der Waals surface area contributed by atoms with Crippen molar-refractivity contribution in [1.82, 2.24) is 10.3 Å². The second-order valence-electron chi connectivity index (χ2n) is 6.59. The molecule has 1 aromatic heterocycles. The Hall–Kier alpha value is -2.56. The summed E-state index contributed by atoms with van der Waals surface area (Å²) in [6, 6.07) is 4.86. The van der Waals surface area contributed by atoms with Crippen LogP contribution in [-0.2, 0) is 14.3 Å². The van der Waals surface area contributed by atoms with E-state index in [0.717, 1.165) is 18.4 Å². The van der Waals surface area contributed by atoms with Gasteiger partial charge in [-0.25, -0.2) is 9.78 Å². The molecule has 1 unspecified atom stereocenters. The molecule has 29 heavy (non-hydrogen) atoms. The van der Waals surface area contributed by atoms with Crippen LogP contribution >= 0.6 is 11.3 Å². The van der Waals surface area contributed by atoms with Gasteiger partial charge in [0.25, 0.3) is 0 Å². The standard InChI is InChI=1S/C18H22F3N3O4S/c1-5-28-11-6-7-12-13(9-11)29-16(22-12)24-17(15(26)27-4,18(19,20)21)23-14(25)8-10(2)3/h6-7,9-10H,5,8H2,1-4H3,(H,22,24)(H,23,25). The molecule has 7 nitrogen and oxygen atoms in total. The van der Waals surface area contributed by atoms with Gasteiger partial charge in [0.05, 0.1) is 23.9 Å². The summed E-state index contributed by atoms with van der Waals surface area (Å²) in [5, 5.41) is 3.63. The SMILES string of the molecule is CCOc1ccc2nc(NC(NC(=O)CC(C)C)(C(=O)OC)C(F)(F)F)sc2c1. The second kappa shape index (κ2) is 8.85. The Kier molecular flexibility index (Phi) is 6.93. The number of aromatic nitrogens is 1. The van der Waals surface area contributed by atoms with Crippen LogP contribution in [0.5, 0.6) is 5.75 Å². The fourth-order valence-electron chi connectivity index (χ4n) is 2.55. The van der Waals surface area contributed by atoms with Crippen molar-refractivity contribution in [2.45, 2.75) is 39.0 Å². The van der Waals surface area contributed by atoms with Crippen molar-refractivity contribution in [3.63, 3.8) is 0 Å². The minimum Gasteiger partial charge on any atom is -0.494 e. The maximum absolute atomic E-state index is 14.0. The zero-order valence-electron chi connectivity index (χ0n) is 16.3. The molecule has 160 valence electrons. The highest BCUT2D eigenvalue weighted by molar-refractivity contribution is 7.22. The lowest BCUT2D eigenvalue weighted by Crippen LogP contribution is -2.69. The number of rotatable bonds is 8. The monoisotopic (exact) mass is 433 g/mol. The lowest BCUT2D eigenvalue weighted by Gasteiger charge is -2.34. The van der Waals surface area contributed by atoms with Crippen molar-refractivity contribution in [2.75, 3.05) is 19.0 Å². The van der Waals surface area contributed by atoms with Crippen LogP contribution in [0.4, 0.5) is 18.3 Å². The first kappa shape index (κ1) is 22.7. The van der Waals surface area contributed by atoms with E-state index in [0.29, 0.717) is 22.6 Å². The number of amides is 1. The molecule has 0 spiro atoms. The summed E-state index contributed by atoms with van der Waals surface area (Å²) in [6.07, 6.45) is -5.39. The molecule has 2 rings (SSSR count). The zero-order chi connectivity index (χ0) is 21.8. The van der Waals surface area contributed by atoms with Crippen molar-refractivity contribution < 1.29 is 32.2 Å². The molecule has 11 heteroatoms. The van der Waals surface area contributed by atoms with E-state index in [2.05, 4.69) is 15.0 Å². The Bertz CT molecular complexity index is 885. The molecule has 1 heterocycles. The van der Waals surface area contributed by atoms with E-state index in [1.165, 1.54) is 0 Å². The minimum atomic E-state index is -5.19. The van der Waals surface area contributed by atoms with E-state index >= 15 is 0 Å². The lowest BCUT2D eigenvalue weighted by molar-refractivity contribution is -0.206. The van der Waals surface area contributed by atoms with Crippen LogP contribution in [0.1, 0.15) is 27.2 Å². The van der Waals surface area contributed by atoms with Crippen molar-refractivity contribution in [1.29, 1.82) is 0 Å². The van der Waals surface area contributed by atoms with Crippen LogP contribution in [0.15, 0.2) is 18.2 Å². The Morgan fingerprint density at radius 3 is 2.52 bits per heavy atom. The maximum Gasteiger partial charge on any atom is 0.442 e. The summed E-state index contributed by atoms with van der Waals surface area (Å²) in [7, 11) is 0.811. The van der Waals surface area contributed by atoms with Crippen LogP contribution < -0.4 is 15.4 Å². The van der Waals surface area contributed by atoms with Gasteiger partial charge < -0.3 is 20.1 Å². The molecule has 0 saturated heterocycles. The molecule has 0 aliphatic rings. The quantitative estimate of drug-likeness (QED) is 0.487. The number of nitrogens with zero attached hydrogens (tertiary/aromatic N) is 1. The van der Waals surface area contributed by atoms with Gasteiger partial charge in [0.15, 0.2) is 5.13 Å². The largest absolute Gasteiger partial charge is 0.494 e. The Morgan fingerprint density at radius 2 is 1.97 bits per heavy atom. The smallest absolute Gasteiger partial charge is 0.442 e. The highest BCUT2D eigenvalue weighted by Crippen LogP contribution is 2.36. The number of nitrogens with one attached hydrogen (secondary N) is 2. The van der Waals surface area contributed by atoms with Crippen LogP contribution in [0.3, 0.4) is 0 Å². The summed E-state index contributed by atoms with van der Waals surface area (Å²) < 4.78 is 52.3. The molecule has 2 N–H and O–H groups in total. The third-order valence-corrected chi connectivity index (χ3v) is 4.74.